The zero-order valence-electron chi connectivity index (χ0n) is 8.40. The number of carbonyl (C=O) groups is 2. The third kappa shape index (κ3) is 2.43. The molecular weight excluding hydrogens is 198 g/mol. The van der Waals surface area contributed by atoms with Crippen molar-refractivity contribution in [2.24, 2.45) is 5.73 Å². The Morgan fingerprint density at radius 3 is 2.80 bits per heavy atom. The predicted molar refractivity (Wildman–Crippen MR) is 52.8 cm³/mol. The van der Waals surface area contributed by atoms with Gasteiger partial charge < -0.3 is 15.9 Å². The number of rotatable bonds is 4. The minimum Gasteiger partial charge on any atom is -0.396 e. The van der Waals surface area contributed by atoms with Crippen LogP contribution in [-0.2, 0) is 9.59 Å². The van der Waals surface area contributed by atoms with Crippen LogP contribution in [0.3, 0.4) is 0 Å². The number of aliphatic hydroxyl groups excluding tert-OH is 1. The van der Waals surface area contributed by atoms with Gasteiger partial charge in [0.2, 0.25) is 0 Å². The molecule has 5 heteroatoms. The van der Waals surface area contributed by atoms with E-state index in [4.69, 9.17) is 10.8 Å². The lowest BCUT2D eigenvalue weighted by molar-refractivity contribution is -0.137. The lowest BCUT2D eigenvalue weighted by Gasteiger charge is -2.29. The normalized spacial score (nSPS) is 26.3. The highest BCUT2D eigenvalue weighted by Gasteiger charge is 2.40. The minimum atomic E-state index is -1.53. The molecule has 0 spiro atoms. The third-order valence-electron chi connectivity index (χ3n) is 2.59. The first-order valence-electron chi connectivity index (χ1n) is 4.89. The van der Waals surface area contributed by atoms with Crippen LogP contribution in [0.1, 0.15) is 25.7 Å². The van der Waals surface area contributed by atoms with E-state index in [1.807, 2.05) is 0 Å². The molecule has 4 N–H and O–H groups in total. The van der Waals surface area contributed by atoms with Crippen LogP contribution in [0, 0.1) is 0 Å². The zero-order valence-corrected chi connectivity index (χ0v) is 8.40. The monoisotopic (exact) mass is 213 g/mol. The molecule has 0 aromatic carbocycles. The fourth-order valence-corrected chi connectivity index (χ4v) is 1.73. The van der Waals surface area contributed by atoms with Gasteiger partial charge in [0.25, 0.3) is 5.91 Å². The first-order chi connectivity index (χ1) is 7.01. The highest BCUT2D eigenvalue weighted by molar-refractivity contribution is 6.22. The van der Waals surface area contributed by atoms with Gasteiger partial charge in [0, 0.05) is 6.61 Å². The van der Waals surface area contributed by atoms with E-state index in [2.05, 4.69) is 0 Å². The first-order valence-corrected chi connectivity index (χ1v) is 4.89. The van der Waals surface area contributed by atoms with E-state index in [1.165, 1.54) is 6.08 Å². The molecule has 0 heterocycles. The van der Waals surface area contributed by atoms with Gasteiger partial charge in [-0.2, -0.15) is 0 Å². The maximum Gasteiger partial charge on any atom is 0.252 e. The van der Waals surface area contributed by atoms with Crippen molar-refractivity contribution in [2.75, 3.05) is 6.61 Å². The van der Waals surface area contributed by atoms with Crippen LogP contribution in [0.4, 0.5) is 0 Å². The molecule has 0 aromatic heterocycles. The van der Waals surface area contributed by atoms with Gasteiger partial charge in [-0.3, -0.25) is 9.59 Å². The molecule has 0 saturated heterocycles. The summed E-state index contributed by atoms with van der Waals surface area (Å²) in [5, 5.41) is 18.6. The van der Waals surface area contributed by atoms with Gasteiger partial charge in [-0.05, 0) is 25.7 Å². The SMILES string of the molecule is NC(=O)C1=CCCC(O)(CCCO)C1=O. The Bertz CT molecular complexity index is 311. The number of amides is 1. The number of hydrogen-bond donors (Lipinski definition) is 3. The number of carbonyl (C=O) groups excluding carboxylic acids is 2. The van der Waals surface area contributed by atoms with Crippen LogP contribution >= 0.6 is 0 Å². The maximum atomic E-state index is 11.7. The van der Waals surface area contributed by atoms with E-state index >= 15 is 0 Å². The fraction of sp³-hybridized carbons (Fsp3) is 0.600. The Morgan fingerprint density at radius 1 is 1.60 bits per heavy atom. The van der Waals surface area contributed by atoms with Gasteiger partial charge in [-0.1, -0.05) is 6.08 Å². The highest BCUT2D eigenvalue weighted by Crippen LogP contribution is 2.28. The largest absolute Gasteiger partial charge is 0.396 e. The van der Waals surface area contributed by atoms with Crippen molar-refractivity contribution < 1.29 is 19.8 Å². The second kappa shape index (κ2) is 4.55. The van der Waals surface area contributed by atoms with Crippen molar-refractivity contribution in [1.29, 1.82) is 0 Å². The summed E-state index contributed by atoms with van der Waals surface area (Å²) in [6.07, 6.45) is 2.67. The molecule has 0 aromatic rings. The molecule has 1 aliphatic rings. The van der Waals surface area contributed by atoms with E-state index in [0.29, 0.717) is 12.8 Å². The average molecular weight is 213 g/mol. The lowest BCUT2D eigenvalue weighted by Crippen LogP contribution is -2.44. The van der Waals surface area contributed by atoms with E-state index in [-0.39, 0.29) is 25.0 Å². The van der Waals surface area contributed by atoms with Gasteiger partial charge in [-0.15, -0.1) is 0 Å². The average Bonchev–Trinajstić information content (AvgIpc) is 2.19. The van der Waals surface area contributed by atoms with Crippen molar-refractivity contribution in [2.45, 2.75) is 31.3 Å². The molecule has 0 saturated carbocycles. The van der Waals surface area contributed by atoms with Crippen LogP contribution < -0.4 is 5.73 Å². The molecule has 0 aliphatic heterocycles. The summed E-state index contributed by atoms with van der Waals surface area (Å²) < 4.78 is 0. The van der Waals surface area contributed by atoms with Gasteiger partial charge in [0.15, 0.2) is 5.78 Å². The topological polar surface area (TPSA) is 101 Å². The molecule has 1 atom stereocenters. The molecule has 1 aliphatic carbocycles. The Balaban J connectivity index is 2.82. The van der Waals surface area contributed by atoms with E-state index in [9.17, 15) is 14.7 Å². The van der Waals surface area contributed by atoms with Crippen LogP contribution in [0.15, 0.2) is 11.6 Å². The van der Waals surface area contributed by atoms with Crippen molar-refractivity contribution in [3.63, 3.8) is 0 Å². The van der Waals surface area contributed by atoms with E-state index in [1.54, 1.807) is 0 Å². The summed E-state index contributed by atoms with van der Waals surface area (Å²) in [7, 11) is 0. The van der Waals surface area contributed by atoms with Crippen molar-refractivity contribution in [3.8, 4) is 0 Å². The van der Waals surface area contributed by atoms with Gasteiger partial charge in [-0.25, -0.2) is 0 Å². The molecule has 5 nitrogen and oxygen atoms in total. The Hall–Kier alpha value is -1.20. The summed E-state index contributed by atoms with van der Waals surface area (Å²) in [4.78, 5) is 22.6. The molecule has 1 amide bonds. The Morgan fingerprint density at radius 2 is 2.27 bits per heavy atom. The number of nitrogens with two attached hydrogens (primary N) is 1. The molecule has 15 heavy (non-hydrogen) atoms. The lowest BCUT2D eigenvalue weighted by atomic mass is 9.80. The number of ketones is 1. The van der Waals surface area contributed by atoms with Gasteiger partial charge >= 0.3 is 0 Å². The maximum absolute atomic E-state index is 11.7. The molecule has 1 unspecified atom stereocenters. The van der Waals surface area contributed by atoms with Crippen LogP contribution in [0.5, 0.6) is 0 Å². The van der Waals surface area contributed by atoms with Crippen molar-refractivity contribution >= 4 is 11.7 Å². The minimum absolute atomic E-state index is 0.0921. The number of aliphatic hydroxyl groups is 2. The number of Topliss-reactive ketones (excluding diaryl/α,β-unsaturated/α-hetero) is 1. The van der Waals surface area contributed by atoms with Gasteiger partial charge in [0.05, 0.1) is 5.57 Å². The Labute approximate surface area is 87.6 Å². The summed E-state index contributed by atoms with van der Waals surface area (Å²) in [5.41, 5.74) is 3.37. The second-order valence-electron chi connectivity index (χ2n) is 3.71. The molecule has 0 fully saturated rings. The molecule has 0 bridgehead atoms. The summed E-state index contributed by atoms with van der Waals surface area (Å²) in [5.74, 6) is -1.42. The fourth-order valence-electron chi connectivity index (χ4n) is 1.73. The highest BCUT2D eigenvalue weighted by atomic mass is 16.3. The smallest absolute Gasteiger partial charge is 0.252 e. The van der Waals surface area contributed by atoms with E-state index < -0.39 is 17.3 Å². The standard InChI is InChI=1S/C10H15NO4/c11-9(14)7-3-1-4-10(15,8(7)13)5-2-6-12/h3,12,15H,1-2,4-6H2,(H2,11,14). The van der Waals surface area contributed by atoms with Crippen LogP contribution in [0.2, 0.25) is 0 Å². The van der Waals surface area contributed by atoms with Crippen LogP contribution in [0.25, 0.3) is 0 Å². The summed E-state index contributed by atoms with van der Waals surface area (Å²) in [6, 6.07) is 0. The number of allylic oxidation sites excluding steroid dienone is 1. The quantitative estimate of drug-likeness (QED) is 0.535. The number of hydrogen-bond acceptors (Lipinski definition) is 4. The van der Waals surface area contributed by atoms with E-state index in [0.717, 1.165) is 0 Å². The first kappa shape index (κ1) is 11.9. The summed E-state index contributed by atoms with van der Waals surface area (Å²) >= 11 is 0. The molecule has 0 radical (unpaired) electrons. The molecule has 84 valence electrons. The zero-order chi connectivity index (χ0) is 11.5. The molecule has 1 rings (SSSR count). The molecular formula is C10H15NO4. The second-order valence-corrected chi connectivity index (χ2v) is 3.71. The summed E-state index contributed by atoms with van der Waals surface area (Å²) in [6.45, 7) is -0.0921. The third-order valence-corrected chi connectivity index (χ3v) is 2.59. The van der Waals surface area contributed by atoms with Gasteiger partial charge in [0.1, 0.15) is 5.60 Å². The van der Waals surface area contributed by atoms with Crippen LogP contribution in [-0.4, -0.2) is 34.1 Å². The van der Waals surface area contributed by atoms with Crippen molar-refractivity contribution in [3.05, 3.63) is 11.6 Å². The Kier molecular flexibility index (Phi) is 3.60. The van der Waals surface area contributed by atoms with Crippen molar-refractivity contribution in [1.82, 2.24) is 0 Å². The number of primary amides is 1. The predicted octanol–water partition coefficient (Wildman–Crippen LogP) is -0.735.